The maximum atomic E-state index is 11.6. The van der Waals surface area contributed by atoms with Gasteiger partial charge in [0, 0.05) is 6.42 Å². The lowest BCUT2D eigenvalue weighted by molar-refractivity contribution is 0.0899. The molecule has 0 spiro atoms. The smallest absolute Gasteiger partial charge is 0.288 e. The summed E-state index contributed by atoms with van der Waals surface area (Å²) >= 11 is 0. The molecule has 1 heterocycles. The summed E-state index contributed by atoms with van der Waals surface area (Å²) in [6.07, 6.45) is 0.745. The van der Waals surface area contributed by atoms with Crippen LogP contribution in [-0.4, -0.2) is 11.4 Å². The van der Waals surface area contributed by atoms with Crippen molar-refractivity contribution in [1.29, 1.82) is 5.26 Å². The molecule has 15 heavy (non-hydrogen) atoms. The minimum Gasteiger partial charge on any atom is -0.456 e. The molecule has 0 aliphatic heterocycles. The highest BCUT2D eigenvalue weighted by molar-refractivity contribution is 5.92. The molecular weight excluding hydrogens is 192 g/mol. The number of carbonyl (C=O) groups excluding carboxylic acids is 1. The molecule has 80 valence electrons. The number of rotatable bonds is 3. The fourth-order valence-corrected chi connectivity index (χ4v) is 1.06. The average Bonchev–Trinajstić information content (AvgIpc) is 2.65. The molecule has 0 saturated carbocycles. The van der Waals surface area contributed by atoms with Crippen LogP contribution in [0.3, 0.4) is 0 Å². The van der Waals surface area contributed by atoms with Gasteiger partial charge in [-0.25, -0.2) is 0 Å². The number of hydrogen-bond donors (Lipinski definition) is 1. The first-order chi connectivity index (χ1) is 6.98. The third-order valence-corrected chi connectivity index (χ3v) is 1.94. The van der Waals surface area contributed by atoms with Crippen molar-refractivity contribution in [2.45, 2.75) is 32.7 Å². The van der Waals surface area contributed by atoms with Crippen LogP contribution in [0.5, 0.6) is 0 Å². The van der Waals surface area contributed by atoms with Gasteiger partial charge in [-0.3, -0.25) is 4.79 Å². The van der Waals surface area contributed by atoms with E-state index in [1.54, 1.807) is 26.0 Å². The molecule has 4 heteroatoms. The zero-order valence-electron chi connectivity index (χ0n) is 9.13. The number of amides is 1. The first-order valence-corrected chi connectivity index (χ1v) is 4.81. The molecule has 0 saturated heterocycles. The largest absolute Gasteiger partial charge is 0.456 e. The van der Waals surface area contributed by atoms with E-state index < -0.39 is 5.54 Å². The highest BCUT2D eigenvalue weighted by atomic mass is 16.3. The Morgan fingerprint density at radius 1 is 1.60 bits per heavy atom. The van der Waals surface area contributed by atoms with Crippen LogP contribution in [0.15, 0.2) is 16.5 Å². The standard InChI is InChI=1S/C11H14N2O2/c1-4-8-5-6-9(15-8)10(14)13-11(2,3)7-12/h5-6H,4H2,1-3H3,(H,13,14). The monoisotopic (exact) mass is 206 g/mol. The lowest BCUT2D eigenvalue weighted by Gasteiger charge is -2.15. The van der Waals surface area contributed by atoms with E-state index in [1.165, 1.54) is 0 Å². The quantitative estimate of drug-likeness (QED) is 0.821. The molecule has 0 aromatic carbocycles. The topological polar surface area (TPSA) is 66.0 Å². The summed E-state index contributed by atoms with van der Waals surface area (Å²) in [5, 5.41) is 11.3. The normalized spacial score (nSPS) is 10.8. The SMILES string of the molecule is CCc1ccc(C(=O)NC(C)(C)C#N)o1. The van der Waals surface area contributed by atoms with Crippen molar-refractivity contribution in [2.75, 3.05) is 0 Å². The molecule has 1 rings (SSSR count). The van der Waals surface area contributed by atoms with Crippen LogP contribution in [0.2, 0.25) is 0 Å². The molecule has 4 nitrogen and oxygen atoms in total. The number of furan rings is 1. The zero-order chi connectivity index (χ0) is 11.5. The van der Waals surface area contributed by atoms with Crippen molar-refractivity contribution >= 4 is 5.91 Å². The van der Waals surface area contributed by atoms with E-state index in [0.717, 1.165) is 12.2 Å². The Bertz CT molecular complexity index is 399. The van der Waals surface area contributed by atoms with Crippen molar-refractivity contribution in [3.63, 3.8) is 0 Å². The van der Waals surface area contributed by atoms with Gasteiger partial charge in [-0.05, 0) is 26.0 Å². The minimum atomic E-state index is -0.879. The van der Waals surface area contributed by atoms with Gasteiger partial charge in [0.05, 0.1) is 6.07 Å². The first-order valence-electron chi connectivity index (χ1n) is 4.81. The first kappa shape index (κ1) is 11.3. The Labute approximate surface area is 88.9 Å². The van der Waals surface area contributed by atoms with Crippen LogP contribution < -0.4 is 5.32 Å². The summed E-state index contributed by atoms with van der Waals surface area (Å²) in [5.41, 5.74) is -0.879. The fourth-order valence-electron chi connectivity index (χ4n) is 1.06. The third kappa shape index (κ3) is 2.84. The second kappa shape index (κ2) is 4.18. The van der Waals surface area contributed by atoms with Gasteiger partial charge in [0.25, 0.3) is 5.91 Å². The molecule has 1 aromatic rings. The molecule has 0 unspecified atom stereocenters. The fraction of sp³-hybridized carbons (Fsp3) is 0.455. The summed E-state index contributed by atoms with van der Waals surface area (Å²) in [6.45, 7) is 5.21. The number of hydrogen-bond acceptors (Lipinski definition) is 3. The van der Waals surface area contributed by atoms with Crippen molar-refractivity contribution < 1.29 is 9.21 Å². The Hall–Kier alpha value is -1.76. The Kier molecular flexibility index (Phi) is 3.15. The van der Waals surface area contributed by atoms with Gasteiger partial charge in [0.1, 0.15) is 11.3 Å². The minimum absolute atomic E-state index is 0.246. The van der Waals surface area contributed by atoms with Crippen molar-refractivity contribution in [3.05, 3.63) is 23.7 Å². The van der Waals surface area contributed by atoms with E-state index in [0.29, 0.717) is 0 Å². The van der Waals surface area contributed by atoms with Gasteiger partial charge >= 0.3 is 0 Å². The van der Waals surface area contributed by atoms with E-state index in [2.05, 4.69) is 5.32 Å². The molecular formula is C11H14N2O2. The number of nitrogens with one attached hydrogen (secondary N) is 1. The highest BCUT2D eigenvalue weighted by Gasteiger charge is 2.21. The van der Waals surface area contributed by atoms with E-state index in [1.807, 2.05) is 13.0 Å². The van der Waals surface area contributed by atoms with Gasteiger partial charge in [0.15, 0.2) is 5.76 Å². The van der Waals surface area contributed by atoms with Gasteiger partial charge in [0.2, 0.25) is 0 Å². The molecule has 0 aliphatic rings. The van der Waals surface area contributed by atoms with Crippen LogP contribution in [0, 0.1) is 11.3 Å². The maximum absolute atomic E-state index is 11.6. The lowest BCUT2D eigenvalue weighted by Crippen LogP contribution is -2.41. The van der Waals surface area contributed by atoms with Crippen LogP contribution in [0.1, 0.15) is 37.1 Å². The Morgan fingerprint density at radius 2 is 2.27 bits per heavy atom. The molecule has 1 N–H and O–H groups in total. The zero-order valence-corrected chi connectivity index (χ0v) is 9.13. The molecule has 0 aliphatic carbocycles. The second-order valence-electron chi connectivity index (χ2n) is 3.81. The van der Waals surface area contributed by atoms with Gasteiger partial charge < -0.3 is 9.73 Å². The van der Waals surface area contributed by atoms with Crippen LogP contribution in [0.25, 0.3) is 0 Å². The van der Waals surface area contributed by atoms with Gasteiger partial charge in [-0.1, -0.05) is 6.92 Å². The maximum Gasteiger partial charge on any atom is 0.288 e. The number of nitrogens with zero attached hydrogens (tertiary/aromatic N) is 1. The van der Waals surface area contributed by atoms with Crippen LogP contribution >= 0.6 is 0 Å². The van der Waals surface area contributed by atoms with Crippen LogP contribution in [0.4, 0.5) is 0 Å². The predicted octanol–water partition coefficient (Wildman–Crippen LogP) is 1.87. The molecule has 0 bridgehead atoms. The average molecular weight is 206 g/mol. The van der Waals surface area contributed by atoms with Crippen molar-refractivity contribution in [2.24, 2.45) is 0 Å². The second-order valence-corrected chi connectivity index (χ2v) is 3.81. The van der Waals surface area contributed by atoms with E-state index in [4.69, 9.17) is 9.68 Å². The van der Waals surface area contributed by atoms with E-state index >= 15 is 0 Å². The van der Waals surface area contributed by atoms with Crippen molar-refractivity contribution in [3.8, 4) is 6.07 Å². The van der Waals surface area contributed by atoms with E-state index in [9.17, 15) is 4.79 Å². The highest BCUT2D eigenvalue weighted by Crippen LogP contribution is 2.10. The van der Waals surface area contributed by atoms with Crippen LogP contribution in [-0.2, 0) is 6.42 Å². The molecule has 1 amide bonds. The van der Waals surface area contributed by atoms with E-state index in [-0.39, 0.29) is 11.7 Å². The molecule has 1 aromatic heterocycles. The predicted molar refractivity (Wildman–Crippen MR) is 55.2 cm³/mol. The third-order valence-electron chi connectivity index (χ3n) is 1.94. The van der Waals surface area contributed by atoms with Crippen molar-refractivity contribution in [1.82, 2.24) is 5.32 Å². The number of aryl methyl sites for hydroxylation is 1. The van der Waals surface area contributed by atoms with Gasteiger partial charge in [-0.15, -0.1) is 0 Å². The Balaban J connectivity index is 2.74. The summed E-state index contributed by atoms with van der Waals surface area (Å²) in [7, 11) is 0. The Morgan fingerprint density at radius 3 is 2.73 bits per heavy atom. The molecule has 0 radical (unpaired) electrons. The summed E-state index contributed by atoms with van der Waals surface area (Å²) in [5.74, 6) is 0.645. The lowest BCUT2D eigenvalue weighted by atomic mass is 10.1. The molecule has 0 fully saturated rings. The number of nitriles is 1. The van der Waals surface area contributed by atoms with Gasteiger partial charge in [-0.2, -0.15) is 5.26 Å². The molecule has 0 atom stereocenters. The summed E-state index contributed by atoms with van der Waals surface area (Å²) in [6, 6.07) is 5.36. The summed E-state index contributed by atoms with van der Waals surface area (Å²) < 4.78 is 5.26. The number of carbonyl (C=O) groups is 1. The summed E-state index contributed by atoms with van der Waals surface area (Å²) in [4.78, 5) is 11.6.